The summed E-state index contributed by atoms with van der Waals surface area (Å²) in [6.45, 7) is 0. The summed E-state index contributed by atoms with van der Waals surface area (Å²) >= 11 is 0. The highest BCUT2D eigenvalue weighted by Crippen LogP contribution is 2.34. The van der Waals surface area contributed by atoms with Crippen LogP contribution in [-0.4, -0.2) is 20.6 Å². The van der Waals surface area contributed by atoms with E-state index in [1.165, 1.54) is 0 Å². The van der Waals surface area contributed by atoms with Gasteiger partial charge in [-0.2, -0.15) is 0 Å². The third-order valence-corrected chi connectivity index (χ3v) is 3.82. The lowest BCUT2D eigenvalue weighted by Gasteiger charge is -2.24. The molecule has 0 spiro atoms. The van der Waals surface area contributed by atoms with Gasteiger partial charge in [0.1, 0.15) is 5.70 Å². The summed E-state index contributed by atoms with van der Waals surface area (Å²) in [5.74, 6) is -0.436. The molecule has 2 aromatic carbocycles. The molecule has 0 saturated carbocycles. The minimum Gasteiger partial charge on any atom is -0.477 e. The van der Waals surface area contributed by atoms with E-state index in [4.69, 9.17) is 0 Å². The van der Waals surface area contributed by atoms with E-state index >= 15 is 0 Å². The highest BCUT2D eigenvalue weighted by Gasteiger charge is 2.26. The van der Waals surface area contributed by atoms with E-state index < -0.39 is 5.97 Å². The number of carbonyl (C=O) groups is 1. The van der Waals surface area contributed by atoms with Crippen molar-refractivity contribution in [2.45, 2.75) is 6.04 Å². The van der Waals surface area contributed by atoms with Gasteiger partial charge < -0.3 is 10.4 Å². The second-order valence-electron chi connectivity index (χ2n) is 5.16. The topological polar surface area (TPSA) is 67.1 Å². The molecule has 4 rings (SSSR count). The van der Waals surface area contributed by atoms with Gasteiger partial charge >= 0.3 is 5.97 Å². The van der Waals surface area contributed by atoms with E-state index in [0.29, 0.717) is 5.95 Å². The molecule has 0 radical (unpaired) electrons. The van der Waals surface area contributed by atoms with Crippen molar-refractivity contribution in [3.8, 4) is 0 Å². The highest BCUT2D eigenvalue weighted by molar-refractivity contribution is 5.92. The van der Waals surface area contributed by atoms with Gasteiger partial charge in [0.25, 0.3) is 0 Å². The number of hydrogen-bond donors (Lipinski definition) is 2. The van der Waals surface area contributed by atoms with Crippen molar-refractivity contribution in [2.75, 3.05) is 5.32 Å². The lowest BCUT2D eigenvalue weighted by atomic mass is 10.0. The third kappa shape index (κ3) is 1.87. The van der Waals surface area contributed by atoms with Crippen LogP contribution in [0.2, 0.25) is 0 Å². The molecule has 1 aliphatic heterocycles. The van der Waals surface area contributed by atoms with Gasteiger partial charge in [-0.25, -0.2) is 9.78 Å². The largest absolute Gasteiger partial charge is 0.477 e. The summed E-state index contributed by atoms with van der Waals surface area (Å²) in [5, 5.41) is 12.2. The summed E-state index contributed by atoms with van der Waals surface area (Å²) in [6.07, 6.45) is 1.72. The SMILES string of the molecule is O=C(O)C1=C[C@H](c2ccccc2)n2c(nc3ccccc32)N1. The fraction of sp³-hybridized carbons (Fsp3) is 0.0588. The van der Waals surface area contributed by atoms with Crippen molar-refractivity contribution in [2.24, 2.45) is 0 Å². The Bertz CT molecular complexity index is 897. The van der Waals surface area contributed by atoms with Crippen LogP contribution >= 0.6 is 0 Å². The van der Waals surface area contributed by atoms with Crippen LogP contribution in [0.4, 0.5) is 5.95 Å². The quantitative estimate of drug-likeness (QED) is 0.761. The number of hydrogen-bond acceptors (Lipinski definition) is 3. The maximum atomic E-state index is 11.4. The predicted octanol–water partition coefficient (Wildman–Crippen LogP) is 3.02. The van der Waals surface area contributed by atoms with Crippen molar-refractivity contribution >= 4 is 23.0 Å². The van der Waals surface area contributed by atoms with Crippen molar-refractivity contribution in [1.82, 2.24) is 9.55 Å². The number of aliphatic carboxylic acids is 1. The molecular formula is C17H13N3O2. The second kappa shape index (κ2) is 4.73. The normalized spacial score (nSPS) is 16.7. The highest BCUT2D eigenvalue weighted by atomic mass is 16.4. The molecule has 0 unspecified atom stereocenters. The standard InChI is InChI=1S/C17H13N3O2/c21-16(22)13-10-15(11-6-2-1-3-7-11)20-14-9-5-4-8-12(14)18-17(20)19-13/h1-10,15H,(H,18,19)(H,21,22)/t15-/m1/s1. The number of imidazole rings is 1. The lowest BCUT2D eigenvalue weighted by Crippen LogP contribution is -2.23. The minimum absolute atomic E-state index is 0.150. The maximum absolute atomic E-state index is 11.4. The summed E-state index contributed by atoms with van der Waals surface area (Å²) in [6, 6.07) is 17.4. The van der Waals surface area contributed by atoms with E-state index in [-0.39, 0.29) is 11.7 Å². The number of anilines is 1. The lowest BCUT2D eigenvalue weighted by molar-refractivity contribution is -0.132. The number of allylic oxidation sites excluding steroid dienone is 1. The van der Waals surface area contributed by atoms with Crippen LogP contribution in [0, 0.1) is 0 Å². The average molecular weight is 291 g/mol. The van der Waals surface area contributed by atoms with Crippen molar-refractivity contribution in [3.05, 3.63) is 71.9 Å². The molecule has 3 aromatic rings. The fourth-order valence-electron chi connectivity index (χ4n) is 2.83. The van der Waals surface area contributed by atoms with E-state index in [1.54, 1.807) is 6.08 Å². The number of nitrogens with zero attached hydrogens (tertiary/aromatic N) is 2. The van der Waals surface area contributed by atoms with Gasteiger partial charge in [-0.3, -0.25) is 4.57 Å². The molecule has 1 atom stereocenters. The first-order valence-corrected chi connectivity index (χ1v) is 6.98. The zero-order valence-corrected chi connectivity index (χ0v) is 11.6. The zero-order chi connectivity index (χ0) is 15.1. The summed E-state index contributed by atoms with van der Waals surface area (Å²) in [4.78, 5) is 15.9. The molecule has 0 aliphatic carbocycles. The van der Waals surface area contributed by atoms with Crippen LogP contribution < -0.4 is 5.32 Å². The van der Waals surface area contributed by atoms with Gasteiger partial charge in [-0.05, 0) is 23.8 Å². The van der Waals surface area contributed by atoms with Crippen LogP contribution in [0.1, 0.15) is 11.6 Å². The molecule has 5 heteroatoms. The number of rotatable bonds is 2. The first-order valence-electron chi connectivity index (χ1n) is 6.98. The third-order valence-electron chi connectivity index (χ3n) is 3.82. The summed E-state index contributed by atoms with van der Waals surface area (Å²) < 4.78 is 2.02. The predicted molar refractivity (Wildman–Crippen MR) is 83.7 cm³/mol. The Labute approximate surface area is 126 Å². The van der Waals surface area contributed by atoms with Gasteiger partial charge in [0.15, 0.2) is 0 Å². The van der Waals surface area contributed by atoms with Crippen LogP contribution in [0.3, 0.4) is 0 Å². The Morgan fingerprint density at radius 2 is 1.82 bits per heavy atom. The second-order valence-corrected chi connectivity index (χ2v) is 5.16. The van der Waals surface area contributed by atoms with Crippen LogP contribution in [0.15, 0.2) is 66.4 Å². The van der Waals surface area contributed by atoms with Crippen molar-refractivity contribution in [3.63, 3.8) is 0 Å². The van der Waals surface area contributed by atoms with E-state index in [0.717, 1.165) is 16.6 Å². The first kappa shape index (κ1) is 12.6. The van der Waals surface area contributed by atoms with Crippen LogP contribution in [-0.2, 0) is 4.79 Å². The van der Waals surface area contributed by atoms with Gasteiger partial charge in [0, 0.05) is 0 Å². The summed E-state index contributed by atoms with van der Waals surface area (Å²) in [7, 11) is 0. The minimum atomic E-state index is -0.987. The van der Waals surface area contributed by atoms with Crippen molar-refractivity contribution < 1.29 is 9.90 Å². The Hall–Kier alpha value is -3.08. The molecule has 1 aromatic heterocycles. The van der Waals surface area contributed by atoms with E-state index in [9.17, 15) is 9.90 Å². The molecule has 0 amide bonds. The fourth-order valence-corrected chi connectivity index (χ4v) is 2.83. The molecular weight excluding hydrogens is 278 g/mol. The van der Waals surface area contributed by atoms with Crippen LogP contribution in [0.5, 0.6) is 0 Å². The van der Waals surface area contributed by atoms with Gasteiger partial charge in [-0.15, -0.1) is 0 Å². The number of carboxylic acid groups (broad SMARTS) is 1. The monoisotopic (exact) mass is 291 g/mol. The number of nitrogens with one attached hydrogen (secondary N) is 1. The van der Waals surface area contributed by atoms with Crippen molar-refractivity contribution in [1.29, 1.82) is 0 Å². The number of benzene rings is 2. The Morgan fingerprint density at radius 3 is 2.59 bits per heavy atom. The van der Waals surface area contributed by atoms with E-state index in [2.05, 4.69) is 10.3 Å². The Morgan fingerprint density at radius 1 is 1.09 bits per heavy atom. The van der Waals surface area contributed by atoms with Gasteiger partial charge in [-0.1, -0.05) is 42.5 Å². The van der Waals surface area contributed by atoms with E-state index in [1.807, 2.05) is 59.2 Å². The Balaban J connectivity index is 1.98. The number of fused-ring (bicyclic) bond motifs is 3. The molecule has 1 aliphatic rings. The smallest absolute Gasteiger partial charge is 0.352 e. The molecule has 0 fully saturated rings. The van der Waals surface area contributed by atoms with Gasteiger partial charge in [0.05, 0.1) is 17.1 Å². The van der Waals surface area contributed by atoms with Crippen LogP contribution in [0.25, 0.3) is 11.0 Å². The molecule has 5 nitrogen and oxygen atoms in total. The molecule has 0 bridgehead atoms. The average Bonchev–Trinajstić information content (AvgIpc) is 2.93. The number of aromatic nitrogens is 2. The number of carboxylic acids is 1. The molecule has 2 N–H and O–H groups in total. The zero-order valence-electron chi connectivity index (χ0n) is 11.6. The molecule has 108 valence electrons. The molecule has 2 heterocycles. The molecule has 22 heavy (non-hydrogen) atoms. The first-order chi connectivity index (χ1) is 10.7. The van der Waals surface area contributed by atoms with Gasteiger partial charge in [0.2, 0.25) is 5.95 Å². The Kier molecular flexibility index (Phi) is 2.72. The molecule has 0 saturated heterocycles. The summed E-state index contributed by atoms with van der Waals surface area (Å²) in [5.41, 5.74) is 2.98. The number of para-hydroxylation sites is 2. The maximum Gasteiger partial charge on any atom is 0.352 e.